The average molecular weight is 307 g/mol. The van der Waals surface area contributed by atoms with Crippen LogP contribution < -0.4 is 5.56 Å². The number of amides is 1. The zero-order chi connectivity index (χ0) is 16.1. The van der Waals surface area contributed by atoms with E-state index in [-0.39, 0.29) is 23.7 Å². The molecule has 0 bridgehead atoms. The van der Waals surface area contributed by atoms with Crippen molar-refractivity contribution in [3.8, 4) is 0 Å². The molecule has 7 heteroatoms. The van der Waals surface area contributed by atoms with Crippen molar-refractivity contribution in [1.29, 1.82) is 0 Å². The van der Waals surface area contributed by atoms with Crippen LogP contribution in [-0.4, -0.2) is 44.8 Å². The van der Waals surface area contributed by atoms with E-state index >= 15 is 0 Å². The third-order valence-corrected chi connectivity index (χ3v) is 3.87. The van der Waals surface area contributed by atoms with Crippen molar-refractivity contribution in [1.82, 2.24) is 14.7 Å². The van der Waals surface area contributed by atoms with E-state index in [4.69, 9.17) is 5.11 Å². The number of nitrogens with zero attached hydrogens (tertiary/aromatic N) is 3. The standard InChI is InChI=1S/C15H21N3O4/c1-2-3-9-18-13(19)7-6-12(16-18)14(20)17-8-4-5-11(10-17)15(21)22/h6-7,11H,2-5,8-10H2,1H3,(H,21,22)/t11-/m1/s1. The van der Waals surface area contributed by atoms with Crippen LogP contribution in [0, 0.1) is 5.92 Å². The average Bonchev–Trinajstić information content (AvgIpc) is 2.53. The second kappa shape index (κ2) is 7.20. The Balaban J connectivity index is 2.15. The van der Waals surface area contributed by atoms with E-state index in [2.05, 4.69) is 5.10 Å². The Morgan fingerprint density at radius 1 is 1.41 bits per heavy atom. The van der Waals surface area contributed by atoms with Gasteiger partial charge in [0.05, 0.1) is 5.92 Å². The highest BCUT2D eigenvalue weighted by Crippen LogP contribution is 2.18. The van der Waals surface area contributed by atoms with Crippen LogP contribution in [-0.2, 0) is 11.3 Å². The van der Waals surface area contributed by atoms with Gasteiger partial charge in [0, 0.05) is 25.7 Å². The summed E-state index contributed by atoms with van der Waals surface area (Å²) in [6, 6.07) is 2.76. The number of piperidine rings is 1. The summed E-state index contributed by atoms with van der Waals surface area (Å²) in [6.07, 6.45) is 2.99. The van der Waals surface area contributed by atoms with Crippen molar-refractivity contribution >= 4 is 11.9 Å². The lowest BCUT2D eigenvalue weighted by Crippen LogP contribution is -2.43. The molecule has 1 fully saturated rings. The number of carboxylic acids is 1. The van der Waals surface area contributed by atoms with Gasteiger partial charge < -0.3 is 10.0 Å². The third-order valence-electron chi connectivity index (χ3n) is 3.87. The van der Waals surface area contributed by atoms with Crippen molar-refractivity contribution < 1.29 is 14.7 Å². The van der Waals surface area contributed by atoms with Gasteiger partial charge in [-0.15, -0.1) is 0 Å². The molecule has 22 heavy (non-hydrogen) atoms. The molecule has 1 amide bonds. The smallest absolute Gasteiger partial charge is 0.308 e. The summed E-state index contributed by atoms with van der Waals surface area (Å²) in [4.78, 5) is 36.8. The number of aliphatic carboxylic acids is 1. The van der Waals surface area contributed by atoms with Gasteiger partial charge in [-0.05, 0) is 25.3 Å². The summed E-state index contributed by atoms with van der Waals surface area (Å²) in [7, 11) is 0. The number of carbonyl (C=O) groups is 2. The third kappa shape index (κ3) is 3.72. The first kappa shape index (κ1) is 16.2. The molecule has 0 spiro atoms. The number of hydrogen-bond acceptors (Lipinski definition) is 4. The lowest BCUT2D eigenvalue weighted by atomic mass is 9.98. The molecule has 1 aliphatic heterocycles. The normalized spacial score (nSPS) is 18.2. The van der Waals surface area contributed by atoms with Gasteiger partial charge in [0.25, 0.3) is 11.5 Å². The molecule has 1 aromatic rings. The fraction of sp³-hybridized carbons (Fsp3) is 0.600. The van der Waals surface area contributed by atoms with Gasteiger partial charge >= 0.3 is 5.97 Å². The molecular formula is C15H21N3O4. The first-order valence-corrected chi connectivity index (χ1v) is 7.63. The summed E-state index contributed by atoms with van der Waals surface area (Å²) >= 11 is 0. The summed E-state index contributed by atoms with van der Waals surface area (Å²) in [5, 5.41) is 13.2. The largest absolute Gasteiger partial charge is 0.481 e. The van der Waals surface area contributed by atoms with E-state index in [0.717, 1.165) is 12.8 Å². The molecule has 0 unspecified atom stereocenters. The van der Waals surface area contributed by atoms with Crippen LogP contribution in [0.25, 0.3) is 0 Å². The summed E-state index contributed by atoms with van der Waals surface area (Å²) < 4.78 is 1.30. The fourth-order valence-electron chi connectivity index (χ4n) is 2.56. The molecule has 1 aromatic heterocycles. The SMILES string of the molecule is CCCCn1nc(C(=O)N2CCC[C@@H](C(=O)O)C2)ccc1=O. The Bertz CT molecular complexity index is 611. The molecule has 1 aliphatic rings. The first-order valence-electron chi connectivity index (χ1n) is 7.63. The highest BCUT2D eigenvalue weighted by Gasteiger charge is 2.29. The molecule has 2 rings (SSSR count). The maximum atomic E-state index is 12.5. The van der Waals surface area contributed by atoms with Crippen LogP contribution in [0.2, 0.25) is 0 Å². The van der Waals surface area contributed by atoms with E-state index in [0.29, 0.717) is 25.9 Å². The first-order chi connectivity index (χ1) is 10.5. The van der Waals surface area contributed by atoms with Crippen molar-refractivity contribution in [2.45, 2.75) is 39.2 Å². The van der Waals surface area contributed by atoms with Crippen LogP contribution in [0.1, 0.15) is 43.1 Å². The number of likely N-dealkylation sites (tertiary alicyclic amines) is 1. The summed E-state index contributed by atoms with van der Waals surface area (Å²) in [5.41, 5.74) is -0.0335. The molecule has 0 radical (unpaired) electrons. The van der Waals surface area contributed by atoms with E-state index < -0.39 is 11.9 Å². The highest BCUT2D eigenvalue weighted by molar-refractivity contribution is 5.92. The quantitative estimate of drug-likeness (QED) is 0.875. The van der Waals surface area contributed by atoms with Crippen molar-refractivity contribution in [3.05, 3.63) is 28.2 Å². The lowest BCUT2D eigenvalue weighted by Gasteiger charge is -2.30. The van der Waals surface area contributed by atoms with Crippen molar-refractivity contribution in [2.24, 2.45) is 5.92 Å². The van der Waals surface area contributed by atoms with E-state index in [9.17, 15) is 14.4 Å². The molecule has 2 heterocycles. The van der Waals surface area contributed by atoms with Crippen LogP contribution in [0.15, 0.2) is 16.9 Å². The predicted molar refractivity (Wildman–Crippen MR) is 79.7 cm³/mol. The summed E-state index contributed by atoms with van der Waals surface area (Å²) in [6.45, 7) is 3.22. The van der Waals surface area contributed by atoms with E-state index in [1.54, 1.807) is 0 Å². The Kier molecular flexibility index (Phi) is 5.30. The number of rotatable bonds is 5. The Hall–Kier alpha value is -2.18. The van der Waals surface area contributed by atoms with Crippen LogP contribution in [0.3, 0.4) is 0 Å². The molecular weight excluding hydrogens is 286 g/mol. The molecule has 0 saturated carbocycles. The number of carbonyl (C=O) groups excluding carboxylic acids is 1. The Morgan fingerprint density at radius 3 is 2.86 bits per heavy atom. The minimum Gasteiger partial charge on any atom is -0.481 e. The van der Waals surface area contributed by atoms with Crippen LogP contribution >= 0.6 is 0 Å². The van der Waals surface area contributed by atoms with Gasteiger partial charge in [0.2, 0.25) is 0 Å². The number of aryl methyl sites for hydroxylation is 1. The minimum absolute atomic E-state index is 0.196. The molecule has 0 aromatic carbocycles. The van der Waals surface area contributed by atoms with Gasteiger partial charge in [-0.25, -0.2) is 4.68 Å². The topological polar surface area (TPSA) is 92.5 Å². The van der Waals surface area contributed by atoms with E-state index in [1.165, 1.54) is 21.7 Å². The van der Waals surface area contributed by atoms with E-state index in [1.807, 2.05) is 6.92 Å². The summed E-state index contributed by atoms with van der Waals surface area (Å²) in [5.74, 6) is -1.71. The Morgan fingerprint density at radius 2 is 2.18 bits per heavy atom. The minimum atomic E-state index is -0.877. The molecule has 1 N–H and O–H groups in total. The van der Waals surface area contributed by atoms with Crippen molar-refractivity contribution in [3.63, 3.8) is 0 Å². The zero-order valence-electron chi connectivity index (χ0n) is 12.7. The maximum Gasteiger partial charge on any atom is 0.308 e. The number of carboxylic acid groups (broad SMARTS) is 1. The Labute approximate surface area is 128 Å². The molecule has 0 aliphatic carbocycles. The van der Waals surface area contributed by atoms with Crippen molar-refractivity contribution in [2.75, 3.05) is 13.1 Å². The lowest BCUT2D eigenvalue weighted by molar-refractivity contribution is -0.143. The second-order valence-corrected chi connectivity index (χ2v) is 5.56. The predicted octanol–water partition coefficient (Wildman–Crippen LogP) is 0.980. The van der Waals surface area contributed by atoms with Gasteiger partial charge in [-0.3, -0.25) is 14.4 Å². The molecule has 120 valence electrons. The fourth-order valence-corrected chi connectivity index (χ4v) is 2.56. The highest BCUT2D eigenvalue weighted by atomic mass is 16.4. The number of aromatic nitrogens is 2. The molecule has 1 saturated heterocycles. The van der Waals surface area contributed by atoms with Gasteiger partial charge in [0.1, 0.15) is 5.69 Å². The maximum absolute atomic E-state index is 12.5. The molecule has 7 nitrogen and oxygen atoms in total. The van der Waals surface area contributed by atoms with Crippen LogP contribution in [0.4, 0.5) is 0 Å². The second-order valence-electron chi connectivity index (χ2n) is 5.56. The number of unbranched alkanes of at least 4 members (excludes halogenated alkanes) is 1. The van der Waals surface area contributed by atoms with Gasteiger partial charge in [-0.1, -0.05) is 13.3 Å². The zero-order valence-corrected chi connectivity index (χ0v) is 12.7. The molecule has 1 atom stereocenters. The van der Waals surface area contributed by atoms with Gasteiger partial charge in [0.15, 0.2) is 0 Å². The number of hydrogen-bond donors (Lipinski definition) is 1. The van der Waals surface area contributed by atoms with Crippen LogP contribution in [0.5, 0.6) is 0 Å². The monoisotopic (exact) mass is 307 g/mol. The van der Waals surface area contributed by atoms with Gasteiger partial charge in [-0.2, -0.15) is 5.10 Å².